The number of amides is 3. The molecule has 1 rings (SSSR count). The molecule has 202 valence electrons. The number of carbonyl (C=O) groups excluding carboxylic acids is 3. The molecule has 3 amide bonds. The second-order valence-corrected chi connectivity index (χ2v) is 9.73. The van der Waals surface area contributed by atoms with E-state index in [0.717, 1.165) is 24.8 Å². The molecule has 0 fully saturated rings. The number of benzene rings is 1. The van der Waals surface area contributed by atoms with Crippen LogP contribution in [0.4, 0.5) is 0 Å². The molecule has 0 aliphatic carbocycles. The number of amidine groups is 1. The lowest BCUT2D eigenvalue weighted by Crippen LogP contribution is -2.52. The molecule has 0 bridgehead atoms. The van der Waals surface area contributed by atoms with Crippen molar-refractivity contribution in [2.24, 2.45) is 11.7 Å². The second kappa shape index (κ2) is 17.5. The van der Waals surface area contributed by atoms with Crippen molar-refractivity contribution in [1.82, 2.24) is 21.3 Å². The summed E-state index contributed by atoms with van der Waals surface area (Å²) in [6.07, 6.45) is 4.10. The lowest BCUT2D eigenvalue weighted by molar-refractivity contribution is -0.129. The average Bonchev–Trinajstić information content (AvgIpc) is 2.81. The van der Waals surface area contributed by atoms with Crippen molar-refractivity contribution >= 4 is 23.6 Å². The van der Waals surface area contributed by atoms with Crippen molar-refractivity contribution in [3.8, 4) is 0 Å². The molecule has 36 heavy (non-hydrogen) atoms. The maximum atomic E-state index is 13.1. The largest absolute Gasteiger partial charge is 0.372 e. The summed E-state index contributed by atoms with van der Waals surface area (Å²) in [5.74, 6) is -0.318. The average molecular weight is 503 g/mol. The van der Waals surface area contributed by atoms with Gasteiger partial charge in [-0.1, -0.05) is 57.5 Å². The van der Waals surface area contributed by atoms with E-state index in [0.29, 0.717) is 32.4 Å². The van der Waals surface area contributed by atoms with Gasteiger partial charge in [-0.15, -0.1) is 0 Å². The minimum absolute atomic E-state index is 0.0805. The Morgan fingerprint density at radius 3 is 2.28 bits per heavy atom. The number of rotatable bonds is 17. The summed E-state index contributed by atoms with van der Waals surface area (Å²) in [5.41, 5.74) is 6.66. The first kappa shape index (κ1) is 31.1. The van der Waals surface area contributed by atoms with Crippen molar-refractivity contribution in [2.45, 2.75) is 90.8 Å². The van der Waals surface area contributed by atoms with E-state index in [1.165, 1.54) is 6.92 Å². The fraction of sp³-hybridized carbons (Fsp3) is 0.630. The van der Waals surface area contributed by atoms with Crippen molar-refractivity contribution in [3.63, 3.8) is 0 Å². The second-order valence-electron chi connectivity index (χ2n) is 9.73. The molecule has 0 saturated heterocycles. The van der Waals surface area contributed by atoms with E-state index in [-0.39, 0.29) is 35.9 Å². The van der Waals surface area contributed by atoms with Gasteiger partial charge in [-0.2, -0.15) is 0 Å². The molecular weight excluding hydrogens is 456 g/mol. The van der Waals surface area contributed by atoms with E-state index in [1.54, 1.807) is 0 Å². The van der Waals surface area contributed by atoms with Gasteiger partial charge < -0.3 is 27.0 Å². The number of nitrogens with two attached hydrogens (primary N) is 1. The van der Waals surface area contributed by atoms with Gasteiger partial charge in [0.05, 0.1) is 6.04 Å². The monoisotopic (exact) mass is 502 g/mol. The van der Waals surface area contributed by atoms with Crippen molar-refractivity contribution in [3.05, 3.63) is 35.9 Å². The van der Waals surface area contributed by atoms with E-state index >= 15 is 0 Å². The van der Waals surface area contributed by atoms with E-state index in [4.69, 9.17) is 11.1 Å². The van der Waals surface area contributed by atoms with Crippen LogP contribution >= 0.6 is 0 Å². The molecule has 0 aromatic heterocycles. The Morgan fingerprint density at radius 1 is 1.00 bits per heavy atom. The molecule has 1 aromatic carbocycles. The molecule has 3 unspecified atom stereocenters. The summed E-state index contributed by atoms with van der Waals surface area (Å²) < 4.78 is 0. The number of carbonyl (C=O) groups is 3. The molecule has 7 N–H and O–H groups in total. The fourth-order valence-electron chi connectivity index (χ4n) is 3.95. The third-order valence-corrected chi connectivity index (χ3v) is 5.72. The minimum atomic E-state index is -0.653. The topological polar surface area (TPSA) is 149 Å². The first-order chi connectivity index (χ1) is 17.2. The van der Waals surface area contributed by atoms with Gasteiger partial charge in [-0.05, 0) is 50.1 Å². The van der Waals surface area contributed by atoms with Crippen LogP contribution in [0.1, 0.15) is 71.8 Å². The highest BCUT2D eigenvalue weighted by atomic mass is 16.2. The number of hydrogen-bond donors (Lipinski definition) is 6. The maximum Gasteiger partial charge on any atom is 0.242 e. The molecule has 0 aliphatic rings. The zero-order valence-corrected chi connectivity index (χ0v) is 22.4. The van der Waals surface area contributed by atoms with Crippen molar-refractivity contribution in [1.29, 1.82) is 5.41 Å². The van der Waals surface area contributed by atoms with Gasteiger partial charge >= 0.3 is 0 Å². The SMILES string of the molecule is CCCNC(=N)C(Cc1ccccc1)NC(=O)CC(CCCCN)NC(=O)C(CC(C)C)NC(C)=O. The number of hydrogen-bond acceptors (Lipinski definition) is 5. The van der Waals surface area contributed by atoms with Crippen LogP contribution in [-0.2, 0) is 20.8 Å². The summed E-state index contributed by atoms with van der Waals surface area (Å²) in [5, 5.41) is 20.2. The van der Waals surface area contributed by atoms with Crippen LogP contribution in [0.25, 0.3) is 0 Å². The Balaban J connectivity index is 2.92. The molecule has 0 spiro atoms. The third-order valence-electron chi connectivity index (χ3n) is 5.72. The van der Waals surface area contributed by atoms with Crippen LogP contribution in [0.5, 0.6) is 0 Å². The Hall–Kier alpha value is -2.94. The molecule has 0 radical (unpaired) electrons. The third kappa shape index (κ3) is 13.2. The lowest BCUT2D eigenvalue weighted by Gasteiger charge is -2.25. The molecule has 3 atom stereocenters. The predicted octanol–water partition coefficient (Wildman–Crippen LogP) is 2.25. The standard InChI is InChI=1S/C27H46N6O3/c1-5-15-30-26(29)23(17-21-11-7-6-8-12-21)33-25(35)18-22(13-9-10-14-28)32-27(36)24(16-19(2)3)31-20(4)34/h6-8,11-12,19,22-24H,5,9-10,13-18,28H2,1-4H3,(H2,29,30)(H,31,34)(H,32,36)(H,33,35). The minimum Gasteiger partial charge on any atom is -0.372 e. The highest BCUT2D eigenvalue weighted by Crippen LogP contribution is 2.10. The van der Waals surface area contributed by atoms with E-state index in [9.17, 15) is 14.4 Å². The Morgan fingerprint density at radius 2 is 1.69 bits per heavy atom. The summed E-state index contributed by atoms with van der Waals surface area (Å²) in [4.78, 5) is 37.7. The van der Waals surface area contributed by atoms with E-state index in [2.05, 4.69) is 21.3 Å². The fourth-order valence-corrected chi connectivity index (χ4v) is 3.95. The van der Waals surface area contributed by atoms with Gasteiger partial charge in [0.15, 0.2) is 0 Å². The van der Waals surface area contributed by atoms with Gasteiger partial charge in [-0.3, -0.25) is 19.8 Å². The van der Waals surface area contributed by atoms with Gasteiger partial charge in [-0.25, -0.2) is 0 Å². The van der Waals surface area contributed by atoms with Crippen LogP contribution in [0, 0.1) is 11.3 Å². The first-order valence-corrected chi connectivity index (χ1v) is 13.1. The van der Waals surface area contributed by atoms with Crippen LogP contribution < -0.4 is 27.0 Å². The number of nitrogens with one attached hydrogen (secondary N) is 5. The Kier molecular flexibility index (Phi) is 15.1. The quantitative estimate of drug-likeness (QED) is 0.110. The van der Waals surface area contributed by atoms with E-state index in [1.807, 2.05) is 51.1 Å². The number of unbranched alkanes of at least 4 members (excludes halogenated alkanes) is 1. The zero-order chi connectivity index (χ0) is 26.9. The van der Waals surface area contributed by atoms with Gasteiger partial charge in [0.2, 0.25) is 17.7 Å². The van der Waals surface area contributed by atoms with Crippen molar-refractivity contribution < 1.29 is 14.4 Å². The van der Waals surface area contributed by atoms with Crippen molar-refractivity contribution in [2.75, 3.05) is 13.1 Å². The van der Waals surface area contributed by atoms with Gasteiger partial charge in [0, 0.05) is 25.9 Å². The zero-order valence-electron chi connectivity index (χ0n) is 22.4. The van der Waals surface area contributed by atoms with E-state index < -0.39 is 18.1 Å². The molecule has 1 aromatic rings. The normalized spacial score (nSPS) is 13.4. The molecule has 9 nitrogen and oxygen atoms in total. The summed E-state index contributed by atoms with van der Waals surface area (Å²) in [6.45, 7) is 8.58. The molecular formula is C27H46N6O3. The van der Waals surface area contributed by atoms with Crippen LogP contribution in [0.3, 0.4) is 0 Å². The summed E-state index contributed by atoms with van der Waals surface area (Å²) >= 11 is 0. The van der Waals surface area contributed by atoms with Gasteiger partial charge in [0.25, 0.3) is 0 Å². The predicted molar refractivity (Wildman–Crippen MR) is 145 cm³/mol. The summed E-state index contributed by atoms with van der Waals surface area (Å²) in [7, 11) is 0. The van der Waals surface area contributed by atoms with Gasteiger partial charge in [0.1, 0.15) is 11.9 Å². The Labute approximate surface area is 216 Å². The highest BCUT2D eigenvalue weighted by Gasteiger charge is 2.26. The van der Waals surface area contributed by atoms with Crippen LogP contribution in [0.15, 0.2) is 30.3 Å². The maximum absolute atomic E-state index is 13.1. The van der Waals surface area contributed by atoms with Crippen LogP contribution in [0.2, 0.25) is 0 Å². The first-order valence-electron chi connectivity index (χ1n) is 13.1. The molecule has 0 aliphatic heterocycles. The summed E-state index contributed by atoms with van der Waals surface area (Å²) in [6, 6.07) is 8.19. The molecule has 0 saturated carbocycles. The molecule has 9 heteroatoms. The Bertz CT molecular complexity index is 815. The smallest absolute Gasteiger partial charge is 0.242 e. The molecule has 0 heterocycles. The van der Waals surface area contributed by atoms with Crippen LogP contribution in [-0.4, -0.2) is 54.8 Å². The highest BCUT2D eigenvalue weighted by molar-refractivity contribution is 5.90. The lowest BCUT2D eigenvalue weighted by atomic mass is 10.0.